The molecule has 1 aliphatic rings. The summed E-state index contributed by atoms with van der Waals surface area (Å²) >= 11 is 0. The lowest BCUT2D eigenvalue weighted by molar-refractivity contribution is 0.0681. The van der Waals surface area contributed by atoms with Crippen LogP contribution in [0.5, 0.6) is 0 Å². The van der Waals surface area contributed by atoms with E-state index in [4.69, 9.17) is 10.2 Å². The Morgan fingerprint density at radius 1 is 0.933 bits per heavy atom. The van der Waals surface area contributed by atoms with Crippen molar-refractivity contribution in [3.63, 3.8) is 0 Å². The minimum Gasteiger partial charge on any atom is -0.478 e. The number of rotatable bonds is 2. The number of aromatic carboxylic acids is 2. The normalized spacial score (nSPS) is 12.3. The minimum atomic E-state index is -1.06. The molecule has 0 bridgehead atoms. The van der Waals surface area contributed by atoms with Crippen LogP contribution in [0, 0.1) is 0 Å². The van der Waals surface area contributed by atoms with Gasteiger partial charge in [-0.3, -0.25) is 0 Å². The fourth-order valence-corrected chi connectivity index (χ4v) is 0.755. The Kier molecular flexibility index (Phi) is 3.82. The molecule has 15 heavy (non-hydrogen) atoms. The number of hydrogen-bond donors (Lipinski definition) is 2. The first kappa shape index (κ1) is 11.2. The smallest absolute Gasteiger partial charge is 0.335 e. The van der Waals surface area contributed by atoms with Crippen LogP contribution in [0.25, 0.3) is 0 Å². The van der Waals surface area contributed by atoms with Gasteiger partial charge in [0.1, 0.15) is 0 Å². The van der Waals surface area contributed by atoms with E-state index in [1.54, 1.807) is 0 Å². The third kappa shape index (κ3) is 4.24. The van der Waals surface area contributed by atoms with E-state index < -0.39 is 11.9 Å². The highest BCUT2D eigenvalue weighted by atomic mass is 16.6. The number of carboxylic acid groups (broad SMARTS) is 2. The number of epoxide rings is 1. The molecule has 1 fully saturated rings. The molecule has 0 spiro atoms. The second-order valence-corrected chi connectivity index (χ2v) is 2.80. The van der Waals surface area contributed by atoms with Gasteiger partial charge in [-0.2, -0.15) is 0 Å². The lowest BCUT2D eigenvalue weighted by atomic mass is 10.1. The molecular formula is C10H10O5. The molecule has 0 amide bonds. The molecule has 1 saturated heterocycles. The van der Waals surface area contributed by atoms with Crippen molar-refractivity contribution in [2.24, 2.45) is 0 Å². The van der Waals surface area contributed by atoms with E-state index in [9.17, 15) is 9.59 Å². The Morgan fingerprint density at radius 2 is 1.20 bits per heavy atom. The van der Waals surface area contributed by atoms with E-state index >= 15 is 0 Å². The van der Waals surface area contributed by atoms with Crippen LogP contribution >= 0.6 is 0 Å². The first-order chi connectivity index (χ1) is 7.11. The Morgan fingerprint density at radius 3 is 1.33 bits per heavy atom. The standard InChI is InChI=1S/C8H6O4.C2H4O/c9-7(10)5-1-2-6(4-3-5)8(11)12;1-2-3-1/h1-4H,(H,9,10)(H,11,12);1-2H2. The predicted octanol–water partition coefficient (Wildman–Crippen LogP) is 1.10. The first-order valence-corrected chi connectivity index (χ1v) is 4.25. The summed E-state index contributed by atoms with van der Waals surface area (Å²) in [4.78, 5) is 20.7. The maximum atomic E-state index is 10.3. The Bertz CT molecular complexity index is 317. The van der Waals surface area contributed by atoms with Gasteiger partial charge >= 0.3 is 11.9 Å². The van der Waals surface area contributed by atoms with Crippen LogP contribution in [0.2, 0.25) is 0 Å². The predicted molar refractivity (Wildman–Crippen MR) is 51.2 cm³/mol. The summed E-state index contributed by atoms with van der Waals surface area (Å²) in [5.41, 5.74) is 0.167. The van der Waals surface area contributed by atoms with Crippen LogP contribution in [0.1, 0.15) is 20.7 Å². The van der Waals surface area contributed by atoms with Gasteiger partial charge in [-0.25, -0.2) is 9.59 Å². The topological polar surface area (TPSA) is 87.1 Å². The van der Waals surface area contributed by atoms with Crippen molar-refractivity contribution >= 4 is 11.9 Å². The highest BCUT2D eigenvalue weighted by Crippen LogP contribution is 2.03. The number of ether oxygens (including phenoxy) is 1. The zero-order valence-corrected chi connectivity index (χ0v) is 7.84. The Hall–Kier alpha value is -1.88. The largest absolute Gasteiger partial charge is 0.478 e. The summed E-state index contributed by atoms with van der Waals surface area (Å²) in [6.07, 6.45) is 0. The zero-order valence-electron chi connectivity index (χ0n) is 7.84. The average Bonchev–Trinajstić information content (AvgIpc) is 3.04. The first-order valence-electron chi connectivity index (χ1n) is 4.25. The molecule has 2 rings (SSSR count). The van der Waals surface area contributed by atoms with Crippen molar-refractivity contribution in [2.45, 2.75) is 0 Å². The van der Waals surface area contributed by atoms with Crippen molar-refractivity contribution in [3.8, 4) is 0 Å². The Balaban J connectivity index is 0.000000319. The number of carboxylic acids is 2. The molecule has 5 heteroatoms. The summed E-state index contributed by atoms with van der Waals surface area (Å²) < 4.78 is 4.50. The van der Waals surface area contributed by atoms with Crippen molar-refractivity contribution in [2.75, 3.05) is 13.2 Å². The maximum Gasteiger partial charge on any atom is 0.335 e. The molecule has 0 radical (unpaired) electrons. The van der Waals surface area contributed by atoms with Gasteiger partial charge < -0.3 is 14.9 Å². The van der Waals surface area contributed by atoms with Gasteiger partial charge in [0.2, 0.25) is 0 Å². The van der Waals surface area contributed by atoms with Crippen molar-refractivity contribution in [3.05, 3.63) is 35.4 Å². The lowest BCUT2D eigenvalue weighted by Crippen LogP contribution is -1.99. The quantitative estimate of drug-likeness (QED) is 0.713. The van der Waals surface area contributed by atoms with E-state index in [2.05, 4.69) is 4.74 Å². The summed E-state index contributed by atoms with van der Waals surface area (Å²) in [5.74, 6) is -2.13. The second-order valence-electron chi connectivity index (χ2n) is 2.80. The van der Waals surface area contributed by atoms with Gasteiger partial charge in [0.25, 0.3) is 0 Å². The van der Waals surface area contributed by atoms with Gasteiger partial charge in [0.15, 0.2) is 0 Å². The maximum absolute atomic E-state index is 10.3. The molecule has 1 aliphatic heterocycles. The lowest BCUT2D eigenvalue weighted by Gasteiger charge is -1.94. The monoisotopic (exact) mass is 210 g/mol. The average molecular weight is 210 g/mol. The van der Waals surface area contributed by atoms with Crippen LogP contribution in [0.3, 0.4) is 0 Å². The fourth-order valence-electron chi connectivity index (χ4n) is 0.755. The van der Waals surface area contributed by atoms with E-state index in [-0.39, 0.29) is 11.1 Å². The third-order valence-electron chi connectivity index (χ3n) is 1.58. The molecule has 80 valence electrons. The van der Waals surface area contributed by atoms with E-state index in [0.29, 0.717) is 0 Å². The number of benzene rings is 1. The second kappa shape index (κ2) is 5.11. The van der Waals surface area contributed by atoms with Crippen molar-refractivity contribution in [1.29, 1.82) is 0 Å². The molecule has 0 saturated carbocycles. The molecule has 0 aromatic heterocycles. The van der Waals surface area contributed by atoms with E-state index in [0.717, 1.165) is 13.2 Å². The molecule has 1 heterocycles. The highest BCUT2D eigenvalue weighted by molar-refractivity contribution is 5.91. The van der Waals surface area contributed by atoms with Gasteiger partial charge in [-0.1, -0.05) is 0 Å². The SMILES string of the molecule is C1CO1.O=C(O)c1ccc(C(=O)O)cc1. The van der Waals surface area contributed by atoms with Gasteiger partial charge in [-0.15, -0.1) is 0 Å². The Labute approximate surface area is 85.9 Å². The van der Waals surface area contributed by atoms with Crippen LogP contribution in [-0.2, 0) is 4.74 Å². The van der Waals surface area contributed by atoms with Gasteiger partial charge in [0.05, 0.1) is 24.3 Å². The summed E-state index contributed by atoms with van der Waals surface area (Å²) in [7, 11) is 0. The molecule has 5 nitrogen and oxygen atoms in total. The number of carbonyl (C=O) groups is 2. The van der Waals surface area contributed by atoms with Gasteiger partial charge in [-0.05, 0) is 24.3 Å². The van der Waals surface area contributed by atoms with E-state index in [1.807, 2.05) is 0 Å². The highest BCUT2D eigenvalue weighted by Gasteiger charge is 2.04. The summed E-state index contributed by atoms with van der Waals surface area (Å²) in [6.45, 7) is 2.00. The van der Waals surface area contributed by atoms with Crippen LogP contribution in [-0.4, -0.2) is 35.4 Å². The number of hydrogen-bond acceptors (Lipinski definition) is 3. The minimum absolute atomic E-state index is 0.0833. The van der Waals surface area contributed by atoms with Crippen LogP contribution in [0.4, 0.5) is 0 Å². The van der Waals surface area contributed by atoms with Crippen molar-refractivity contribution in [1.82, 2.24) is 0 Å². The van der Waals surface area contributed by atoms with Crippen LogP contribution < -0.4 is 0 Å². The van der Waals surface area contributed by atoms with Crippen molar-refractivity contribution < 1.29 is 24.5 Å². The zero-order chi connectivity index (χ0) is 11.3. The molecule has 0 aliphatic carbocycles. The third-order valence-corrected chi connectivity index (χ3v) is 1.58. The van der Waals surface area contributed by atoms with Gasteiger partial charge in [0, 0.05) is 0 Å². The molecule has 1 aromatic carbocycles. The van der Waals surface area contributed by atoms with E-state index in [1.165, 1.54) is 24.3 Å². The molecule has 1 aromatic rings. The molecular weight excluding hydrogens is 200 g/mol. The summed E-state index contributed by atoms with van der Waals surface area (Å²) in [6, 6.07) is 5.02. The molecule has 0 atom stereocenters. The fraction of sp³-hybridized carbons (Fsp3) is 0.200. The molecule has 2 N–H and O–H groups in total. The van der Waals surface area contributed by atoms with Crippen LogP contribution in [0.15, 0.2) is 24.3 Å². The molecule has 0 unspecified atom stereocenters. The summed E-state index contributed by atoms with van der Waals surface area (Å²) in [5, 5.41) is 16.9.